The van der Waals surface area contributed by atoms with E-state index < -0.39 is 11.9 Å². The second kappa shape index (κ2) is 4.11. The summed E-state index contributed by atoms with van der Waals surface area (Å²) in [5.74, 6) is -2.93. The average Bonchev–Trinajstić information content (AvgIpc) is 1.36. The average molecular weight is 113 g/mol. The van der Waals surface area contributed by atoms with Gasteiger partial charge in [-0.25, -0.2) is 4.79 Å². The van der Waals surface area contributed by atoms with E-state index in [-0.39, 0.29) is 31.0 Å². The van der Waals surface area contributed by atoms with Gasteiger partial charge < -0.3 is 12.3 Å². The first-order chi connectivity index (χ1) is 2.64. The number of hydrogen-bond donors (Lipinski definition) is 2. The van der Waals surface area contributed by atoms with Crippen LogP contribution in [0.5, 0.6) is 0 Å². The topological polar surface area (TPSA) is 80.4 Å². The van der Waals surface area contributed by atoms with Crippen molar-refractivity contribution < 1.29 is 45.7 Å². The Bertz CT molecular complexity index is 83.3. The molecule has 0 spiro atoms. The van der Waals surface area contributed by atoms with Gasteiger partial charge in [0.05, 0.1) is 0 Å². The summed E-state index contributed by atoms with van der Waals surface area (Å²) >= 11 is 0. The van der Waals surface area contributed by atoms with Crippen molar-refractivity contribution in [1.82, 2.24) is 0 Å². The van der Waals surface area contributed by atoms with Gasteiger partial charge in [0.2, 0.25) is 0 Å². The molecular weight excluding hydrogens is 109 g/mol. The fraction of sp³-hybridized carbons (Fsp3) is 0. The number of carboxylic acid groups (broad SMARTS) is 1. The molecule has 3 N–H and O–H groups in total. The van der Waals surface area contributed by atoms with Crippen molar-refractivity contribution in [2.75, 3.05) is 0 Å². The molecule has 0 aromatic rings. The number of carboxylic acids is 1. The van der Waals surface area contributed by atoms with Crippen LogP contribution in [0.2, 0.25) is 0 Å². The number of aliphatic carboxylic acids is 1. The van der Waals surface area contributed by atoms with Crippen molar-refractivity contribution in [3.8, 4) is 0 Å². The summed E-state index contributed by atoms with van der Waals surface area (Å²) in [5, 5.41) is 7.52. The number of rotatable bonds is 0. The third kappa shape index (κ3) is 5.94. The molecule has 0 unspecified atom stereocenters. The molecule has 5 heteroatoms. The normalized spacial score (nSPS) is 6.29. The number of primary amides is 1. The quantitative estimate of drug-likeness (QED) is 0.246. The zero-order chi connectivity index (χ0) is 5.15. The van der Waals surface area contributed by atoms with Crippen LogP contribution in [-0.4, -0.2) is 17.0 Å². The minimum Gasteiger partial charge on any atom is -1.00 e. The van der Waals surface area contributed by atoms with Crippen LogP contribution in [0.3, 0.4) is 0 Å². The van der Waals surface area contributed by atoms with Gasteiger partial charge >= 0.3 is 41.4 Å². The van der Waals surface area contributed by atoms with Gasteiger partial charge in [-0.15, -0.1) is 0 Å². The van der Waals surface area contributed by atoms with E-state index in [1.54, 1.807) is 0 Å². The fourth-order valence-electron chi connectivity index (χ4n) is 0. The monoisotopic (exact) mass is 113 g/mol. The van der Waals surface area contributed by atoms with E-state index in [0.717, 1.165) is 0 Å². The fourth-order valence-corrected chi connectivity index (χ4v) is 0. The smallest absolute Gasteiger partial charge is 1.00 e. The van der Waals surface area contributed by atoms with Crippen LogP contribution in [0.15, 0.2) is 0 Å². The molecule has 0 fully saturated rings. The molecule has 0 aromatic carbocycles. The SMILES string of the molecule is NC(=O)C(=O)O.[H-].[Na+]. The summed E-state index contributed by atoms with van der Waals surface area (Å²) in [4.78, 5) is 18.5. The molecule has 0 bridgehead atoms. The zero-order valence-electron chi connectivity index (χ0n) is 4.84. The second-order valence-electron chi connectivity index (χ2n) is 0.669. The molecule has 4 nitrogen and oxygen atoms in total. The number of nitrogens with two attached hydrogens (primary N) is 1. The first kappa shape index (κ1) is 10.0. The molecule has 0 aliphatic rings. The summed E-state index contributed by atoms with van der Waals surface area (Å²) in [6, 6.07) is 0. The first-order valence-electron chi connectivity index (χ1n) is 1.17. The van der Waals surface area contributed by atoms with E-state index in [0.29, 0.717) is 0 Å². The van der Waals surface area contributed by atoms with Crippen LogP contribution >= 0.6 is 0 Å². The Morgan fingerprint density at radius 2 is 1.71 bits per heavy atom. The van der Waals surface area contributed by atoms with Gasteiger partial charge in [-0.2, -0.15) is 0 Å². The summed E-state index contributed by atoms with van der Waals surface area (Å²) < 4.78 is 0. The third-order valence-corrected chi connectivity index (χ3v) is 0.211. The Morgan fingerprint density at radius 3 is 1.71 bits per heavy atom. The summed E-state index contributed by atoms with van der Waals surface area (Å²) in [6.45, 7) is 0. The third-order valence-electron chi connectivity index (χ3n) is 0.211. The molecule has 0 atom stereocenters. The van der Waals surface area contributed by atoms with Crippen molar-refractivity contribution in [2.24, 2.45) is 5.73 Å². The van der Waals surface area contributed by atoms with Crippen LogP contribution in [0.4, 0.5) is 0 Å². The Labute approximate surface area is 63.5 Å². The van der Waals surface area contributed by atoms with Gasteiger partial charge in [-0.1, -0.05) is 0 Å². The zero-order valence-corrected chi connectivity index (χ0v) is 5.84. The molecule has 0 aliphatic heterocycles. The maximum atomic E-state index is 9.32. The summed E-state index contributed by atoms with van der Waals surface area (Å²) in [7, 11) is 0. The van der Waals surface area contributed by atoms with Gasteiger partial charge in [0, 0.05) is 0 Å². The molecule has 0 radical (unpaired) electrons. The van der Waals surface area contributed by atoms with Crippen molar-refractivity contribution in [2.45, 2.75) is 0 Å². The maximum absolute atomic E-state index is 9.32. The molecule has 1 amide bonds. The van der Waals surface area contributed by atoms with Gasteiger partial charge in [-0.05, 0) is 0 Å². The largest absolute Gasteiger partial charge is 1.00 e. The van der Waals surface area contributed by atoms with Crippen molar-refractivity contribution >= 4 is 11.9 Å². The molecule has 36 valence electrons. The standard InChI is InChI=1S/C2H3NO3.Na.H/c3-1(4)2(5)6;;/h(H2,3,4)(H,5,6);;/q;+1;-1. The Balaban J connectivity index is -0.000000125. The minimum atomic E-state index is -1.60. The van der Waals surface area contributed by atoms with E-state index in [1.165, 1.54) is 0 Å². The van der Waals surface area contributed by atoms with E-state index in [4.69, 9.17) is 5.11 Å². The number of hydrogen-bond acceptors (Lipinski definition) is 2. The van der Waals surface area contributed by atoms with E-state index in [9.17, 15) is 9.59 Å². The maximum Gasteiger partial charge on any atom is 1.00 e. The van der Waals surface area contributed by atoms with E-state index in [2.05, 4.69) is 5.73 Å². The summed E-state index contributed by atoms with van der Waals surface area (Å²) in [5.41, 5.74) is 4.20. The molecular formula is C2H4NNaO3. The van der Waals surface area contributed by atoms with E-state index in [1.807, 2.05) is 0 Å². The molecule has 0 saturated heterocycles. The first-order valence-corrected chi connectivity index (χ1v) is 1.17. The molecule has 0 rings (SSSR count). The second-order valence-corrected chi connectivity index (χ2v) is 0.669. The molecule has 0 heterocycles. The number of amides is 1. The van der Waals surface area contributed by atoms with Gasteiger partial charge in [0.25, 0.3) is 0 Å². The Morgan fingerprint density at radius 1 is 1.57 bits per heavy atom. The van der Waals surface area contributed by atoms with Crippen LogP contribution in [0.25, 0.3) is 0 Å². The van der Waals surface area contributed by atoms with Crippen LogP contribution in [-0.2, 0) is 9.59 Å². The number of carbonyl (C=O) groups is 2. The van der Waals surface area contributed by atoms with Crippen LogP contribution in [0, 0.1) is 0 Å². The van der Waals surface area contributed by atoms with Crippen LogP contribution < -0.4 is 35.3 Å². The molecule has 0 aromatic heterocycles. The predicted molar refractivity (Wildman–Crippen MR) is 17.9 cm³/mol. The molecule has 0 aliphatic carbocycles. The van der Waals surface area contributed by atoms with Crippen molar-refractivity contribution in [3.63, 3.8) is 0 Å². The van der Waals surface area contributed by atoms with Crippen molar-refractivity contribution in [3.05, 3.63) is 0 Å². The summed E-state index contributed by atoms with van der Waals surface area (Å²) in [6.07, 6.45) is 0. The van der Waals surface area contributed by atoms with Gasteiger partial charge in [0.1, 0.15) is 0 Å². The van der Waals surface area contributed by atoms with Gasteiger partial charge in [0.15, 0.2) is 0 Å². The Kier molecular flexibility index (Phi) is 5.89. The van der Waals surface area contributed by atoms with Crippen LogP contribution in [0.1, 0.15) is 1.43 Å². The van der Waals surface area contributed by atoms with E-state index >= 15 is 0 Å². The Hall–Kier alpha value is -0.0600. The molecule has 7 heavy (non-hydrogen) atoms. The molecule has 0 saturated carbocycles. The minimum absolute atomic E-state index is 0. The predicted octanol–water partition coefficient (Wildman–Crippen LogP) is -4.33. The van der Waals surface area contributed by atoms with Crippen molar-refractivity contribution in [1.29, 1.82) is 0 Å². The number of carbonyl (C=O) groups excluding carboxylic acids is 1. The van der Waals surface area contributed by atoms with Gasteiger partial charge in [-0.3, -0.25) is 4.79 Å².